The van der Waals surface area contributed by atoms with Crippen molar-refractivity contribution in [3.8, 4) is 0 Å². The van der Waals surface area contributed by atoms with Crippen molar-refractivity contribution in [1.29, 1.82) is 0 Å². The first-order chi connectivity index (χ1) is 14.0. The maximum Gasteiger partial charge on any atom is 0.258 e. The largest absolute Gasteiger partial charge is 0.366 e. The van der Waals surface area contributed by atoms with Crippen LogP contribution >= 0.6 is 24.8 Å². The van der Waals surface area contributed by atoms with Crippen molar-refractivity contribution < 1.29 is 9.53 Å². The minimum absolute atomic E-state index is 0. The molecule has 0 radical (unpaired) electrons. The number of aromatic nitrogens is 2. The molecule has 1 aromatic heterocycles. The molecular formula is C21H31Cl2N5O3. The number of halogens is 2. The molecule has 10 heteroatoms. The predicted molar refractivity (Wildman–Crippen MR) is 125 cm³/mol. The van der Waals surface area contributed by atoms with E-state index in [9.17, 15) is 9.59 Å². The molecule has 1 saturated carbocycles. The molecule has 1 unspecified atom stereocenters. The lowest BCUT2D eigenvalue weighted by atomic mass is 9.91. The standard InChI is InChI=1S/C21H29N5O3.2ClH/c1-25(15-8-6-14(22)7-9-15)21(28)18-12-26(10-11-29-18)13-19-23-17-5-3-2-4-16(17)20(27)24-19;;/h2-5,14-15,18H,6-13,22H2,1H3,(H,23,24,27);2*1H. The first-order valence-electron chi connectivity index (χ1n) is 10.4. The molecule has 1 saturated heterocycles. The number of nitrogens with two attached hydrogens (primary N) is 1. The number of hydrogen-bond donors (Lipinski definition) is 2. The number of H-pyrrole nitrogens is 1. The Labute approximate surface area is 194 Å². The van der Waals surface area contributed by atoms with Crippen LogP contribution in [0.5, 0.6) is 0 Å². The van der Waals surface area contributed by atoms with Gasteiger partial charge in [0.15, 0.2) is 0 Å². The van der Waals surface area contributed by atoms with Gasteiger partial charge in [0.25, 0.3) is 11.5 Å². The summed E-state index contributed by atoms with van der Waals surface area (Å²) in [6, 6.07) is 7.80. The minimum atomic E-state index is -0.489. The third-order valence-electron chi connectivity index (χ3n) is 6.10. The molecule has 2 aromatic rings. The van der Waals surface area contributed by atoms with Crippen molar-refractivity contribution in [2.75, 3.05) is 26.7 Å². The Morgan fingerprint density at radius 1 is 1.26 bits per heavy atom. The highest BCUT2D eigenvalue weighted by Crippen LogP contribution is 2.22. The van der Waals surface area contributed by atoms with Crippen LogP contribution in [0, 0.1) is 0 Å². The minimum Gasteiger partial charge on any atom is -0.366 e. The van der Waals surface area contributed by atoms with Crippen molar-refractivity contribution in [3.05, 3.63) is 40.4 Å². The van der Waals surface area contributed by atoms with Crippen molar-refractivity contribution in [3.63, 3.8) is 0 Å². The van der Waals surface area contributed by atoms with Crippen LogP contribution in [0.2, 0.25) is 0 Å². The number of nitrogens with one attached hydrogen (secondary N) is 1. The summed E-state index contributed by atoms with van der Waals surface area (Å²) in [4.78, 5) is 36.7. The highest BCUT2D eigenvalue weighted by Gasteiger charge is 2.33. The first-order valence-corrected chi connectivity index (χ1v) is 10.4. The molecule has 1 amide bonds. The molecule has 172 valence electrons. The van der Waals surface area contributed by atoms with E-state index >= 15 is 0 Å². The summed E-state index contributed by atoms with van der Waals surface area (Å²) in [5, 5.41) is 0.583. The van der Waals surface area contributed by atoms with E-state index in [1.807, 2.05) is 30.1 Å². The van der Waals surface area contributed by atoms with Gasteiger partial charge in [-0.2, -0.15) is 0 Å². The average molecular weight is 472 g/mol. The summed E-state index contributed by atoms with van der Waals surface area (Å²) in [6.07, 6.45) is 3.32. The van der Waals surface area contributed by atoms with E-state index in [2.05, 4.69) is 14.9 Å². The number of hydrogen-bond acceptors (Lipinski definition) is 6. The van der Waals surface area contributed by atoms with Gasteiger partial charge in [0.1, 0.15) is 11.9 Å². The second-order valence-electron chi connectivity index (χ2n) is 8.14. The van der Waals surface area contributed by atoms with Crippen LogP contribution in [0.3, 0.4) is 0 Å². The van der Waals surface area contributed by atoms with E-state index in [0.717, 1.165) is 25.7 Å². The van der Waals surface area contributed by atoms with Gasteiger partial charge in [0, 0.05) is 32.2 Å². The normalized spacial score (nSPS) is 24.1. The van der Waals surface area contributed by atoms with Gasteiger partial charge in [-0.3, -0.25) is 14.5 Å². The Morgan fingerprint density at radius 2 is 1.97 bits per heavy atom. The monoisotopic (exact) mass is 471 g/mol. The number of para-hydroxylation sites is 1. The van der Waals surface area contributed by atoms with Crippen molar-refractivity contribution in [2.24, 2.45) is 5.73 Å². The molecule has 1 aliphatic heterocycles. The van der Waals surface area contributed by atoms with Gasteiger partial charge in [-0.15, -0.1) is 24.8 Å². The Hall–Kier alpha value is -1.71. The van der Waals surface area contributed by atoms with Crippen molar-refractivity contribution >= 4 is 41.6 Å². The molecular weight excluding hydrogens is 441 g/mol. The van der Waals surface area contributed by atoms with Gasteiger partial charge in [0.2, 0.25) is 0 Å². The van der Waals surface area contributed by atoms with E-state index in [4.69, 9.17) is 10.5 Å². The number of carbonyl (C=O) groups excluding carboxylic acids is 1. The van der Waals surface area contributed by atoms with Gasteiger partial charge in [0.05, 0.1) is 24.1 Å². The summed E-state index contributed by atoms with van der Waals surface area (Å²) in [6.45, 7) is 2.15. The van der Waals surface area contributed by atoms with Crippen LogP contribution in [-0.2, 0) is 16.1 Å². The van der Waals surface area contributed by atoms with Gasteiger partial charge >= 0.3 is 0 Å². The number of rotatable bonds is 4. The number of amides is 1. The molecule has 0 bridgehead atoms. The topological polar surface area (TPSA) is 105 Å². The molecule has 2 aliphatic rings. The molecule has 1 atom stereocenters. The lowest BCUT2D eigenvalue weighted by molar-refractivity contribution is -0.151. The van der Waals surface area contributed by atoms with Gasteiger partial charge < -0.3 is 20.4 Å². The second kappa shape index (κ2) is 11.2. The summed E-state index contributed by atoms with van der Waals surface area (Å²) >= 11 is 0. The number of nitrogens with zero attached hydrogens (tertiary/aromatic N) is 3. The highest BCUT2D eigenvalue weighted by atomic mass is 35.5. The molecule has 2 heterocycles. The number of aromatic amines is 1. The van der Waals surface area contributed by atoms with Crippen LogP contribution in [0.25, 0.3) is 10.9 Å². The molecule has 0 spiro atoms. The summed E-state index contributed by atoms with van der Waals surface area (Å²) in [7, 11) is 1.87. The molecule has 8 nitrogen and oxygen atoms in total. The van der Waals surface area contributed by atoms with E-state index in [-0.39, 0.29) is 48.4 Å². The van der Waals surface area contributed by atoms with Crippen molar-refractivity contribution in [2.45, 2.75) is 50.4 Å². The molecule has 1 aromatic carbocycles. The molecule has 1 aliphatic carbocycles. The zero-order valence-corrected chi connectivity index (χ0v) is 19.3. The molecule has 2 fully saturated rings. The van der Waals surface area contributed by atoms with Crippen LogP contribution < -0.4 is 11.3 Å². The number of carbonyl (C=O) groups is 1. The van der Waals surface area contributed by atoms with Crippen LogP contribution in [0.15, 0.2) is 29.1 Å². The quantitative estimate of drug-likeness (QED) is 0.702. The van der Waals surface area contributed by atoms with Crippen LogP contribution in [0.4, 0.5) is 0 Å². The zero-order chi connectivity index (χ0) is 20.4. The Balaban J connectivity index is 0.00000171. The number of morpholine rings is 1. The maximum atomic E-state index is 13.0. The average Bonchev–Trinajstić information content (AvgIpc) is 2.73. The number of likely N-dealkylation sites (N-methyl/N-ethyl adjacent to an activating group) is 1. The third-order valence-corrected chi connectivity index (χ3v) is 6.10. The van der Waals surface area contributed by atoms with E-state index < -0.39 is 6.10 Å². The fraction of sp³-hybridized carbons (Fsp3) is 0.571. The summed E-state index contributed by atoms with van der Waals surface area (Å²) in [5.74, 6) is 0.631. The summed E-state index contributed by atoms with van der Waals surface area (Å²) < 4.78 is 5.78. The highest BCUT2D eigenvalue weighted by molar-refractivity contribution is 5.85. The Bertz CT molecular complexity index is 933. The maximum absolute atomic E-state index is 13.0. The zero-order valence-electron chi connectivity index (χ0n) is 17.7. The van der Waals surface area contributed by atoms with E-state index in [1.54, 1.807) is 6.07 Å². The smallest absolute Gasteiger partial charge is 0.258 e. The summed E-state index contributed by atoms with van der Waals surface area (Å²) in [5.41, 5.74) is 6.53. The number of benzene rings is 1. The SMILES string of the molecule is CN(C(=O)C1CN(Cc2nc3ccccc3c(=O)[nH]2)CCO1)C1CCC(N)CC1.Cl.Cl. The fourth-order valence-electron chi connectivity index (χ4n) is 4.31. The lowest BCUT2D eigenvalue weighted by Gasteiger charge is -2.38. The molecule has 3 N–H and O–H groups in total. The van der Waals surface area contributed by atoms with Gasteiger partial charge in [-0.05, 0) is 37.8 Å². The second-order valence-corrected chi connectivity index (χ2v) is 8.14. The van der Waals surface area contributed by atoms with Crippen LogP contribution in [-0.4, -0.2) is 70.6 Å². The van der Waals surface area contributed by atoms with E-state index in [0.29, 0.717) is 43.0 Å². The third kappa shape index (κ3) is 5.96. The van der Waals surface area contributed by atoms with Crippen LogP contribution in [0.1, 0.15) is 31.5 Å². The Kier molecular flexibility index (Phi) is 9.27. The first kappa shape index (κ1) is 25.5. The van der Waals surface area contributed by atoms with Gasteiger partial charge in [-0.25, -0.2) is 4.98 Å². The van der Waals surface area contributed by atoms with Gasteiger partial charge in [-0.1, -0.05) is 12.1 Å². The lowest BCUT2D eigenvalue weighted by Crippen LogP contribution is -2.53. The molecule has 31 heavy (non-hydrogen) atoms. The predicted octanol–water partition coefficient (Wildman–Crippen LogP) is 1.70. The van der Waals surface area contributed by atoms with Crippen molar-refractivity contribution in [1.82, 2.24) is 19.8 Å². The van der Waals surface area contributed by atoms with E-state index in [1.165, 1.54) is 0 Å². The molecule has 4 rings (SSSR count). The fourth-order valence-corrected chi connectivity index (χ4v) is 4.31. The Morgan fingerprint density at radius 3 is 2.71 bits per heavy atom. The number of fused-ring (bicyclic) bond motifs is 1. The number of ether oxygens (including phenoxy) is 1.